The number of Topliss-reactive ketones (excluding diaryl/α,β-unsaturated/α-hetero) is 1. The SMILES string of the molecule is COc1cccc(CC(=O)C(O)c2c(F)cccc2F)c1. The predicted octanol–water partition coefficient (Wildman–Crippen LogP) is 2.82. The van der Waals surface area contributed by atoms with Gasteiger partial charge >= 0.3 is 0 Å². The normalized spacial score (nSPS) is 12.0. The Labute approximate surface area is 120 Å². The predicted molar refractivity (Wildman–Crippen MR) is 73.0 cm³/mol. The number of carbonyl (C=O) groups excluding carboxylic acids is 1. The van der Waals surface area contributed by atoms with E-state index < -0.39 is 29.1 Å². The monoisotopic (exact) mass is 292 g/mol. The van der Waals surface area contributed by atoms with Crippen LogP contribution >= 0.6 is 0 Å². The van der Waals surface area contributed by atoms with E-state index in [2.05, 4.69) is 0 Å². The molecule has 21 heavy (non-hydrogen) atoms. The van der Waals surface area contributed by atoms with Gasteiger partial charge in [0.1, 0.15) is 23.5 Å². The van der Waals surface area contributed by atoms with Crippen molar-refractivity contribution in [1.29, 1.82) is 0 Å². The number of ketones is 1. The fourth-order valence-corrected chi connectivity index (χ4v) is 2.01. The van der Waals surface area contributed by atoms with Crippen molar-refractivity contribution in [3.8, 4) is 5.75 Å². The molecule has 1 unspecified atom stereocenters. The average Bonchev–Trinajstić information content (AvgIpc) is 2.47. The molecule has 2 aromatic rings. The molecule has 1 N–H and O–H groups in total. The first kappa shape index (κ1) is 15.1. The molecule has 0 spiro atoms. The molecule has 0 heterocycles. The Morgan fingerprint density at radius 1 is 1.19 bits per heavy atom. The molecule has 0 aliphatic heterocycles. The van der Waals surface area contributed by atoms with Crippen molar-refractivity contribution in [3.63, 3.8) is 0 Å². The van der Waals surface area contributed by atoms with E-state index in [0.717, 1.165) is 12.1 Å². The van der Waals surface area contributed by atoms with E-state index in [4.69, 9.17) is 4.74 Å². The molecule has 0 amide bonds. The maximum atomic E-state index is 13.5. The summed E-state index contributed by atoms with van der Waals surface area (Å²) < 4.78 is 32.1. The van der Waals surface area contributed by atoms with Gasteiger partial charge in [-0.1, -0.05) is 18.2 Å². The molecule has 0 radical (unpaired) electrons. The minimum atomic E-state index is -1.84. The second-order valence-electron chi connectivity index (χ2n) is 4.53. The van der Waals surface area contributed by atoms with Crippen LogP contribution in [0, 0.1) is 11.6 Å². The van der Waals surface area contributed by atoms with Crippen LogP contribution in [-0.4, -0.2) is 18.0 Å². The third kappa shape index (κ3) is 3.44. The Balaban J connectivity index is 2.19. The number of hydrogen-bond acceptors (Lipinski definition) is 3. The number of rotatable bonds is 5. The third-order valence-electron chi connectivity index (χ3n) is 3.09. The van der Waals surface area contributed by atoms with Crippen LogP contribution in [0.3, 0.4) is 0 Å². The third-order valence-corrected chi connectivity index (χ3v) is 3.09. The topological polar surface area (TPSA) is 46.5 Å². The Kier molecular flexibility index (Phi) is 4.65. The van der Waals surface area contributed by atoms with E-state index in [0.29, 0.717) is 11.3 Å². The largest absolute Gasteiger partial charge is 0.497 e. The van der Waals surface area contributed by atoms with Gasteiger partial charge in [-0.15, -0.1) is 0 Å². The number of halogens is 2. The summed E-state index contributed by atoms with van der Waals surface area (Å²) in [4.78, 5) is 12.0. The lowest BCUT2D eigenvalue weighted by Crippen LogP contribution is -2.17. The number of methoxy groups -OCH3 is 1. The standard InChI is InChI=1S/C16H14F2O3/c1-21-11-5-2-4-10(8-11)9-14(19)16(20)15-12(17)6-3-7-13(15)18/h2-8,16,20H,9H2,1H3. The number of benzene rings is 2. The summed E-state index contributed by atoms with van der Waals surface area (Å²) >= 11 is 0. The van der Waals surface area contributed by atoms with Crippen molar-refractivity contribution < 1.29 is 23.4 Å². The minimum absolute atomic E-state index is 0.147. The molecule has 0 aliphatic carbocycles. The molecule has 0 fully saturated rings. The average molecular weight is 292 g/mol. The van der Waals surface area contributed by atoms with Gasteiger partial charge in [-0.2, -0.15) is 0 Å². The first-order valence-electron chi connectivity index (χ1n) is 6.30. The van der Waals surface area contributed by atoms with Crippen molar-refractivity contribution >= 4 is 5.78 Å². The van der Waals surface area contributed by atoms with Gasteiger partial charge in [0, 0.05) is 6.42 Å². The summed E-state index contributed by atoms with van der Waals surface area (Å²) in [6.07, 6.45) is -1.98. The van der Waals surface area contributed by atoms with Crippen molar-refractivity contribution in [2.24, 2.45) is 0 Å². The number of aliphatic hydroxyl groups excluding tert-OH is 1. The maximum absolute atomic E-state index is 13.5. The molecule has 0 saturated heterocycles. The van der Waals surface area contributed by atoms with Crippen LogP contribution in [0.25, 0.3) is 0 Å². The van der Waals surface area contributed by atoms with Crippen molar-refractivity contribution in [2.45, 2.75) is 12.5 Å². The minimum Gasteiger partial charge on any atom is -0.497 e. The van der Waals surface area contributed by atoms with Gasteiger partial charge in [0.15, 0.2) is 5.78 Å². The number of hydrogen-bond donors (Lipinski definition) is 1. The highest BCUT2D eigenvalue weighted by molar-refractivity contribution is 5.86. The fourth-order valence-electron chi connectivity index (χ4n) is 2.01. The number of ether oxygens (including phenoxy) is 1. The van der Waals surface area contributed by atoms with Crippen LogP contribution < -0.4 is 4.74 Å². The van der Waals surface area contributed by atoms with Gasteiger partial charge in [-0.3, -0.25) is 4.79 Å². The molecule has 5 heteroatoms. The molecule has 110 valence electrons. The van der Waals surface area contributed by atoms with Gasteiger partial charge in [-0.05, 0) is 29.8 Å². The first-order valence-corrected chi connectivity index (χ1v) is 6.30. The fraction of sp³-hybridized carbons (Fsp3) is 0.188. The molecule has 0 saturated carbocycles. The van der Waals surface area contributed by atoms with Crippen molar-refractivity contribution in [1.82, 2.24) is 0 Å². The van der Waals surface area contributed by atoms with Gasteiger partial charge in [-0.25, -0.2) is 8.78 Å². The zero-order valence-corrected chi connectivity index (χ0v) is 11.3. The maximum Gasteiger partial charge on any atom is 0.170 e. The molecular weight excluding hydrogens is 278 g/mol. The van der Waals surface area contributed by atoms with Crippen LogP contribution in [0.1, 0.15) is 17.2 Å². The molecule has 2 aromatic carbocycles. The second-order valence-corrected chi connectivity index (χ2v) is 4.53. The van der Waals surface area contributed by atoms with Crippen molar-refractivity contribution in [2.75, 3.05) is 7.11 Å². The lowest BCUT2D eigenvalue weighted by molar-refractivity contribution is -0.127. The summed E-state index contributed by atoms with van der Waals surface area (Å²) in [5.41, 5.74) is -0.0273. The molecular formula is C16H14F2O3. The first-order chi connectivity index (χ1) is 10.0. The van der Waals surface area contributed by atoms with E-state index >= 15 is 0 Å². The summed E-state index contributed by atoms with van der Waals surface area (Å²) in [6, 6.07) is 9.87. The van der Waals surface area contributed by atoms with E-state index in [9.17, 15) is 18.7 Å². The summed E-state index contributed by atoms with van der Waals surface area (Å²) in [7, 11) is 1.49. The van der Waals surface area contributed by atoms with Crippen LogP contribution in [-0.2, 0) is 11.2 Å². The van der Waals surface area contributed by atoms with E-state index in [1.807, 2.05) is 0 Å². The lowest BCUT2D eigenvalue weighted by Gasteiger charge is -2.12. The van der Waals surface area contributed by atoms with E-state index in [1.54, 1.807) is 24.3 Å². The molecule has 2 rings (SSSR count). The van der Waals surface area contributed by atoms with Crippen LogP contribution in [0.2, 0.25) is 0 Å². The number of carbonyl (C=O) groups is 1. The Morgan fingerprint density at radius 2 is 1.81 bits per heavy atom. The zero-order chi connectivity index (χ0) is 15.4. The molecule has 0 aromatic heterocycles. The Morgan fingerprint density at radius 3 is 2.43 bits per heavy atom. The molecule has 0 bridgehead atoms. The summed E-state index contributed by atoms with van der Waals surface area (Å²) in [5.74, 6) is -2.01. The number of aliphatic hydroxyl groups is 1. The van der Waals surface area contributed by atoms with Gasteiger partial charge in [0.05, 0.1) is 12.7 Å². The highest BCUT2D eigenvalue weighted by Crippen LogP contribution is 2.23. The highest BCUT2D eigenvalue weighted by Gasteiger charge is 2.24. The van der Waals surface area contributed by atoms with Gasteiger partial charge in [0.2, 0.25) is 0 Å². The quantitative estimate of drug-likeness (QED) is 0.921. The van der Waals surface area contributed by atoms with E-state index in [-0.39, 0.29) is 6.42 Å². The van der Waals surface area contributed by atoms with E-state index in [1.165, 1.54) is 13.2 Å². The smallest absolute Gasteiger partial charge is 0.170 e. The zero-order valence-electron chi connectivity index (χ0n) is 11.3. The summed E-state index contributed by atoms with van der Waals surface area (Å²) in [6.45, 7) is 0. The molecule has 3 nitrogen and oxygen atoms in total. The lowest BCUT2D eigenvalue weighted by atomic mass is 9.99. The molecule has 0 aliphatic rings. The Bertz CT molecular complexity index is 635. The van der Waals surface area contributed by atoms with Gasteiger partial charge < -0.3 is 9.84 Å². The van der Waals surface area contributed by atoms with Crippen LogP contribution in [0.4, 0.5) is 8.78 Å². The van der Waals surface area contributed by atoms with Crippen LogP contribution in [0.5, 0.6) is 5.75 Å². The summed E-state index contributed by atoms with van der Waals surface area (Å²) in [5, 5.41) is 9.88. The van der Waals surface area contributed by atoms with Crippen LogP contribution in [0.15, 0.2) is 42.5 Å². The molecule has 1 atom stereocenters. The Hall–Kier alpha value is -2.27. The van der Waals surface area contributed by atoms with Crippen molar-refractivity contribution in [3.05, 3.63) is 65.2 Å². The van der Waals surface area contributed by atoms with Gasteiger partial charge in [0.25, 0.3) is 0 Å². The second kappa shape index (κ2) is 6.45. The highest BCUT2D eigenvalue weighted by atomic mass is 19.1.